The highest BCUT2D eigenvalue weighted by molar-refractivity contribution is 6.05. The molecule has 2 aromatic rings. The van der Waals surface area contributed by atoms with Crippen molar-refractivity contribution in [2.24, 2.45) is 0 Å². The first kappa shape index (κ1) is 16.3. The van der Waals surface area contributed by atoms with Gasteiger partial charge in [0.1, 0.15) is 5.56 Å². The number of aromatic nitrogens is 1. The number of carbonyl (C=O) groups excluding carboxylic acids is 1. The summed E-state index contributed by atoms with van der Waals surface area (Å²) < 4.78 is 10.2. The lowest BCUT2D eigenvalue weighted by Gasteiger charge is -2.12. The second-order valence-electron chi connectivity index (χ2n) is 5.68. The third-order valence-corrected chi connectivity index (χ3v) is 4.18. The van der Waals surface area contributed by atoms with Crippen LogP contribution in [0.25, 0.3) is 0 Å². The van der Waals surface area contributed by atoms with E-state index < -0.39 is 0 Å². The number of nitrogens with zero attached hydrogens (tertiary/aromatic N) is 1. The van der Waals surface area contributed by atoms with E-state index in [0.717, 1.165) is 25.2 Å². The van der Waals surface area contributed by atoms with Gasteiger partial charge in [-0.25, -0.2) is 0 Å². The molecular formula is C18H21N3O3. The number of hydrogen-bond donors (Lipinski definition) is 2. The molecule has 1 aliphatic heterocycles. The van der Waals surface area contributed by atoms with E-state index in [4.69, 9.17) is 9.47 Å². The Morgan fingerprint density at radius 1 is 1.17 bits per heavy atom. The summed E-state index contributed by atoms with van der Waals surface area (Å²) in [6.45, 7) is 2.08. The second kappa shape index (κ2) is 7.31. The maximum Gasteiger partial charge on any atom is 0.261 e. The molecule has 1 aromatic carbocycles. The van der Waals surface area contributed by atoms with Crippen LogP contribution in [0.5, 0.6) is 11.8 Å². The Labute approximate surface area is 141 Å². The van der Waals surface area contributed by atoms with Gasteiger partial charge in [-0.3, -0.25) is 4.79 Å². The highest BCUT2D eigenvalue weighted by Crippen LogP contribution is 2.25. The molecule has 24 heavy (non-hydrogen) atoms. The van der Waals surface area contributed by atoms with Gasteiger partial charge in [0.25, 0.3) is 5.91 Å². The summed E-state index contributed by atoms with van der Waals surface area (Å²) in [5.74, 6) is 0.927. The van der Waals surface area contributed by atoms with Crippen molar-refractivity contribution < 1.29 is 14.3 Å². The van der Waals surface area contributed by atoms with Crippen molar-refractivity contribution in [1.29, 1.82) is 0 Å². The minimum Gasteiger partial charge on any atom is -0.481 e. The van der Waals surface area contributed by atoms with E-state index in [1.165, 1.54) is 19.8 Å². The van der Waals surface area contributed by atoms with Crippen molar-refractivity contribution in [3.8, 4) is 11.8 Å². The number of hydrogen-bond acceptors (Lipinski definition) is 5. The first-order valence-electron chi connectivity index (χ1n) is 7.92. The lowest BCUT2D eigenvalue weighted by molar-refractivity contribution is 0.102. The monoisotopic (exact) mass is 327 g/mol. The van der Waals surface area contributed by atoms with E-state index >= 15 is 0 Å². The van der Waals surface area contributed by atoms with Crippen molar-refractivity contribution in [1.82, 2.24) is 10.3 Å². The Morgan fingerprint density at radius 2 is 1.96 bits per heavy atom. The molecule has 2 N–H and O–H groups in total. The number of pyridine rings is 1. The maximum atomic E-state index is 12.5. The zero-order valence-electron chi connectivity index (χ0n) is 13.8. The SMILES string of the molecule is COc1ccc(C(=O)Nc2ccc(C3CCNC3)cc2)c(OC)n1. The van der Waals surface area contributed by atoms with Crippen LogP contribution < -0.4 is 20.1 Å². The molecule has 1 unspecified atom stereocenters. The van der Waals surface area contributed by atoms with Crippen LogP contribution in [0.2, 0.25) is 0 Å². The van der Waals surface area contributed by atoms with E-state index in [9.17, 15) is 4.79 Å². The second-order valence-corrected chi connectivity index (χ2v) is 5.68. The van der Waals surface area contributed by atoms with Gasteiger partial charge in [-0.1, -0.05) is 12.1 Å². The molecule has 0 saturated carbocycles. The van der Waals surface area contributed by atoms with Crippen molar-refractivity contribution in [2.45, 2.75) is 12.3 Å². The molecule has 1 atom stereocenters. The van der Waals surface area contributed by atoms with Crippen molar-refractivity contribution in [3.63, 3.8) is 0 Å². The van der Waals surface area contributed by atoms with E-state index in [2.05, 4.69) is 27.8 Å². The molecule has 6 heteroatoms. The maximum absolute atomic E-state index is 12.5. The number of carbonyl (C=O) groups is 1. The Balaban J connectivity index is 1.72. The highest BCUT2D eigenvalue weighted by atomic mass is 16.5. The number of ether oxygens (including phenoxy) is 2. The van der Waals surface area contributed by atoms with Crippen LogP contribution in [0.1, 0.15) is 28.3 Å². The number of rotatable bonds is 5. The predicted octanol–water partition coefficient (Wildman–Crippen LogP) is 2.43. The minimum absolute atomic E-state index is 0.237. The molecule has 2 heterocycles. The average Bonchev–Trinajstić information content (AvgIpc) is 3.16. The third-order valence-electron chi connectivity index (χ3n) is 4.18. The highest BCUT2D eigenvalue weighted by Gasteiger charge is 2.17. The van der Waals surface area contributed by atoms with Gasteiger partial charge in [0, 0.05) is 18.3 Å². The molecule has 126 valence electrons. The van der Waals surface area contributed by atoms with E-state index in [1.54, 1.807) is 12.1 Å². The van der Waals surface area contributed by atoms with Gasteiger partial charge in [0.15, 0.2) is 0 Å². The van der Waals surface area contributed by atoms with Crippen LogP contribution in [0.15, 0.2) is 36.4 Å². The third kappa shape index (κ3) is 3.49. The van der Waals surface area contributed by atoms with Crippen LogP contribution in [-0.2, 0) is 0 Å². The van der Waals surface area contributed by atoms with Gasteiger partial charge in [-0.05, 0) is 42.6 Å². The molecular weight excluding hydrogens is 306 g/mol. The summed E-state index contributed by atoms with van der Waals surface area (Å²) in [5.41, 5.74) is 2.40. The van der Waals surface area contributed by atoms with Crippen LogP contribution in [-0.4, -0.2) is 38.2 Å². The van der Waals surface area contributed by atoms with Crippen molar-refractivity contribution in [3.05, 3.63) is 47.5 Å². The van der Waals surface area contributed by atoms with E-state index in [1.807, 2.05) is 12.1 Å². The predicted molar refractivity (Wildman–Crippen MR) is 92.0 cm³/mol. The number of benzene rings is 1. The smallest absolute Gasteiger partial charge is 0.261 e. The number of anilines is 1. The normalized spacial score (nSPS) is 16.7. The van der Waals surface area contributed by atoms with Gasteiger partial charge >= 0.3 is 0 Å². The fourth-order valence-electron chi connectivity index (χ4n) is 2.84. The lowest BCUT2D eigenvalue weighted by atomic mass is 9.98. The topological polar surface area (TPSA) is 72.5 Å². The van der Waals surface area contributed by atoms with Gasteiger partial charge in [-0.15, -0.1) is 0 Å². The fourth-order valence-corrected chi connectivity index (χ4v) is 2.84. The lowest BCUT2D eigenvalue weighted by Crippen LogP contribution is -2.14. The number of nitrogens with one attached hydrogen (secondary N) is 2. The summed E-state index contributed by atoms with van der Waals surface area (Å²) >= 11 is 0. The first-order chi connectivity index (χ1) is 11.7. The standard InChI is InChI=1S/C18H21N3O3/c1-23-16-8-7-15(18(21-16)24-2)17(22)20-14-5-3-12(4-6-14)13-9-10-19-11-13/h3-8,13,19H,9-11H2,1-2H3,(H,20,22). The molecule has 1 amide bonds. The van der Waals surface area contributed by atoms with Crippen LogP contribution in [0.3, 0.4) is 0 Å². The molecule has 0 radical (unpaired) electrons. The zero-order valence-corrected chi connectivity index (χ0v) is 13.8. The van der Waals surface area contributed by atoms with Crippen molar-refractivity contribution in [2.75, 3.05) is 32.6 Å². The first-order valence-corrected chi connectivity index (χ1v) is 7.92. The summed E-state index contributed by atoms with van der Waals surface area (Å²) in [6.07, 6.45) is 1.15. The molecule has 1 aromatic heterocycles. The average molecular weight is 327 g/mol. The van der Waals surface area contributed by atoms with Crippen molar-refractivity contribution >= 4 is 11.6 Å². The number of methoxy groups -OCH3 is 2. The quantitative estimate of drug-likeness (QED) is 0.882. The molecule has 1 aliphatic rings. The summed E-state index contributed by atoms with van der Waals surface area (Å²) in [6, 6.07) is 11.3. The summed E-state index contributed by atoms with van der Waals surface area (Å²) in [7, 11) is 2.99. The van der Waals surface area contributed by atoms with E-state index in [0.29, 0.717) is 17.4 Å². The largest absolute Gasteiger partial charge is 0.481 e. The van der Waals surface area contributed by atoms with E-state index in [-0.39, 0.29) is 11.8 Å². The van der Waals surface area contributed by atoms with Gasteiger partial charge < -0.3 is 20.1 Å². The zero-order chi connectivity index (χ0) is 16.9. The molecule has 0 spiro atoms. The molecule has 1 fully saturated rings. The van der Waals surface area contributed by atoms with Crippen LogP contribution in [0.4, 0.5) is 5.69 Å². The minimum atomic E-state index is -0.266. The molecule has 0 bridgehead atoms. The Bertz CT molecular complexity index is 710. The molecule has 0 aliphatic carbocycles. The van der Waals surface area contributed by atoms with Gasteiger partial charge in [-0.2, -0.15) is 4.98 Å². The van der Waals surface area contributed by atoms with Gasteiger partial charge in [0.2, 0.25) is 11.8 Å². The van der Waals surface area contributed by atoms with Gasteiger partial charge in [0.05, 0.1) is 14.2 Å². The molecule has 3 rings (SSSR count). The Hall–Kier alpha value is -2.60. The molecule has 1 saturated heterocycles. The van der Waals surface area contributed by atoms with Crippen LogP contribution >= 0.6 is 0 Å². The summed E-state index contributed by atoms with van der Waals surface area (Å²) in [5, 5.41) is 6.23. The van der Waals surface area contributed by atoms with Crippen LogP contribution in [0, 0.1) is 0 Å². The summed E-state index contributed by atoms with van der Waals surface area (Å²) in [4.78, 5) is 16.6. The molecule has 6 nitrogen and oxygen atoms in total. The Morgan fingerprint density at radius 3 is 2.58 bits per heavy atom. The fraction of sp³-hybridized carbons (Fsp3) is 0.333. The number of amides is 1. The Kier molecular flexibility index (Phi) is 4.96.